The van der Waals surface area contributed by atoms with Crippen LogP contribution < -0.4 is 10.1 Å². The second-order valence-corrected chi connectivity index (χ2v) is 11.9. The van der Waals surface area contributed by atoms with Gasteiger partial charge in [-0.1, -0.05) is 36.4 Å². The minimum absolute atomic E-state index is 0.0583. The largest absolute Gasteiger partial charge is 0.489 e. The number of ether oxygens (including phenoxy) is 3. The van der Waals surface area contributed by atoms with E-state index in [2.05, 4.69) is 11.4 Å². The monoisotopic (exact) mass is 517 g/mol. The van der Waals surface area contributed by atoms with E-state index in [0.29, 0.717) is 24.4 Å². The van der Waals surface area contributed by atoms with Crippen molar-refractivity contribution in [3.63, 3.8) is 0 Å². The smallest absolute Gasteiger partial charge is 0.410 e. The van der Waals surface area contributed by atoms with Crippen LogP contribution in [0.15, 0.2) is 48.5 Å². The summed E-state index contributed by atoms with van der Waals surface area (Å²) < 4.78 is 17.0. The summed E-state index contributed by atoms with van der Waals surface area (Å²) >= 11 is 0. The van der Waals surface area contributed by atoms with Gasteiger partial charge in [0.25, 0.3) is 0 Å². The standard InChI is InChI=1S/C30H35N3O5/c1-29(2,3)38-28(35)33-17-23(18-33)21-9-10-22(16-31)26(11-21)37-25-14-30(15-25)12-24(13-30)32-27(34)36-19-20-7-5-4-6-8-20/h4-11,23-25H,12-15,17-19H2,1-3H3,(H,32,34). The zero-order chi connectivity index (χ0) is 26.9. The number of benzene rings is 2. The number of nitrogens with zero attached hydrogens (tertiary/aromatic N) is 2. The lowest BCUT2D eigenvalue weighted by Gasteiger charge is -2.57. The van der Waals surface area contributed by atoms with Gasteiger partial charge < -0.3 is 24.4 Å². The minimum atomic E-state index is -0.514. The van der Waals surface area contributed by atoms with E-state index in [1.165, 1.54) is 0 Å². The Bertz CT molecular complexity index is 1210. The number of nitriles is 1. The molecule has 0 atom stereocenters. The van der Waals surface area contributed by atoms with Crippen LogP contribution >= 0.6 is 0 Å². The molecule has 200 valence electrons. The number of hydrogen-bond donors (Lipinski definition) is 1. The van der Waals surface area contributed by atoms with E-state index in [-0.39, 0.29) is 42.3 Å². The highest BCUT2D eigenvalue weighted by molar-refractivity contribution is 5.69. The molecule has 3 fully saturated rings. The highest BCUT2D eigenvalue weighted by Crippen LogP contribution is 2.57. The van der Waals surface area contributed by atoms with E-state index in [9.17, 15) is 14.9 Å². The molecule has 3 aliphatic rings. The molecular formula is C30H35N3O5. The Morgan fingerprint density at radius 3 is 2.45 bits per heavy atom. The van der Waals surface area contributed by atoms with Gasteiger partial charge >= 0.3 is 12.2 Å². The van der Waals surface area contributed by atoms with Crippen LogP contribution in [0.5, 0.6) is 5.75 Å². The molecule has 1 N–H and O–H groups in total. The SMILES string of the molecule is CC(C)(C)OC(=O)N1CC(c2ccc(C#N)c(OC3CC4(CC(NC(=O)OCc5ccccc5)C4)C3)c2)C1. The Kier molecular flexibility index (Phi) is 6.95. The Morgan fingerprint density at radius 2 is 1.79 bits per heavy atom. The van der Waals surface area contributed by atoms with Gasteiger partial charge in [0.1, 0.15) is 24.0 Å². The Balaban J connectivity index is 1.06. The average Bonchev–Trinajstić information content (AvgIpc) is 2.78. The summed E-state index contributed by atoms with van der Waals surface area (Å²) in [6.07, 6.45) is 3.05. The Labute approximate surface area is 223 Å². The number of alkyl carbamates (subject to hydrolysis) is 1. The fraction of sp³-hybridized carbons (Fsp3) is 0.500. The topological polar surface area (TPSA) is 101 Å². The number of carbonyl (C=O) groups is 2. The fourth-order valence-electron chi connectivity index (χ4n) is 5.67. The summed E-state index contributed by atoms with van der Waals surface area (Å²) in [5, 5.41) is 12.6. The number of rotatable bonds is 6. The van der Waals surface area contributed by atoms with Crippen molar-refractivity contribution in [2.24, 2.45) is 5.41 Å². The molecule has 1 heterocycles. The predicted molar refractivity (Wildman–Crippen MR) is 141 cm³/mol. The molecule has 2 aliphatic carbocycles. The van der Waals surface area contributed by atoms with Crippen molar-refractivity contribution >= 4 is 12.2 Å². The second-order valence-electron chi connectivity index (χ2n) is 11.9. The lowest BCUT2D eigenvalue weighted by molar-refractivity contribution is -0.0844. The van der Waals surface area contributed by atoms with E-state index < -0.39 is 5.60 Å². The van der Waals surface area contributed by atoms with Crippen molar-refractivity contribution in [3.8, 4) is 11.8 Å². The van der Waals surface area contributed by atoms with Crippen LogP contribution in [0.4, 0.5) is 9.59 Å². The van der Waals surface area contributed by atoms with Gasteiger partial charge in [-0.15, -0.1) is 0 Å². The molecule has 0 aromatic heterocycles. The third kappa shape index (κ3) is 5.88. The van der Waals surface area contributed by atoms with Gasteiger partial charge in [-0.25, -0.2) is 9.59 Å². The molecule has 0 radical (unpaired) electrons. The lowest BCUT2D eigenvalue weighted by atomic mass is 9.53. The summed E-state index contributed by atoms with van der Waals surface area (Å²) in [5.74, 6) is 0.810. The molecule has 2 saturated carbocycles. The van der Waals surface area contributed by atoms with Gasteiger partial charge in [0, 0.05) is 25.0 Å². The first-order valence-corrected chi connectivity index (χ1v) is 13.3. The molecule has 1 spiro atoms. The summed E-state index contributed by atoms with van der Waals surface area (Å²) in [5.41, 5.74) is 2.24. The number of carbonyl (C=O) groups excluding carboxylic acids is 2. The van der Waals surface area contributed by atoms with Gasteiger partial charge in [0.15, 0.2) is 0 Å². The third-order valence-electron chi connectivity index (χ3n) is 7.64. The van der Waals surface area contributed by atoms with E-state index in [1.807, 2.05) is 63.2 Å². The molecular weight excluding hydrogens is 482 g/mol. The summed E-state index contributed by atoms with van der Waals surface area (Å²) in [6.45, 7) is 7.03. The van der Waals surface area contributed by atoms with Crippen molar-refractivity contribution in [1.29, 1.82) is 5.26 Å². The summed E-state index contributed by atoms with van der Waals surface area (Å²) in [7, 11) is 0. The first-order chi connectivity index (χ1) is 18.1. The van der Waals surface area contributed by atoms with Crippen molar-refractivity contribution in [1.82, 2.24) is 10.2 Å². The number of hydrogen-bond acceptors (Lipinski definition) is 6. The highest BCUT2D eigenvalue weighted by atomic mass is 16.6. The Hall–Kier alpha value is -3.73. The zero-order valence-electron chi connectivity index (χ0n) is 22.2. The molecule has 8 nitrogen and oxygen atoms in total. The van der Waals surface area contributed by atoms with E-state index in [1.54, 1.807) is 11.0 Å². The Morgan fingerprint density at radius 1 is 1.08 bits per heavy atom. The molecule has 1 saturated heterocycles. The molecule has 2 aromatic rings. The fourth-order valence-corrected chi connectivity index (χ4v) is 5.67. The van der Waals surface area contributed by atoms with Crippen molar-refractivity contribution in [3.05, 3.63) is 65.2 Å². The number of amides is 2. The van der Waals surface area contributed by atoms with Crippen molar-refractivity contribution in [2.75, 3.05) is 13.1 Å². The molecule has 5 rings (SSSR count). The molecule has 2 amide bonds. The van der Waals surface area contributed by atoms with E-state index >= 15 is 0 Å². The number of nitrogens with one attached hydrogen (secondary N) is 1. The molecule has 38 heavy (non-hydrogen) atoms. The average molecular weight is 518 g/mol. The van der Waals surface area contributed by atoms with Gasteiger partial charge in [-0.2, -0.15) is 5.26 Å². The second kappa shape index (κ2) is 10.2. The zero-order valence-corrected chi connectivity index (χ0v) is 22.2. The van der Waals surface area contributed by atoms with Crippen LogP contribution in [0, 0.1) is 16.7 Å². The number of likely N-dealkylation sites (tertiary alicyclic amines) is 1. The molecule has 0 bridgehead atoms. The first-order valence-electron chi connectivity index (χ1n) is 13.3. The van der Waals surface area contributed by atoms with Crippen LogP contribution in [0.25, 0.3) is 0 Å². The normalized spacial score (nSPS) is 24.3. The first kappa shape index (κ1) is 25.9. The van der Waals surface area contributed by atoms with Crippen LogP contribution in [0.1, 0.15) is 69.1 Å². The van der Waals surface area contributed by atoms with Gasteiger partial charge in [0.2, 0.25) is 0 Å². The van der Waals surface area contributed by atoms with Crippen LogP contribution in [0.2, 0.25) is 0 Å². The van der Waals surface area contributed by atoms with Crippen LogP contribution in [-0.2, 0) is 16.1 Å². The molecule has 8 heteroatoms. The quantitative estimate of drug-likeness (QED) is 0.542. The van der Waals surface area contributed by atoms with Crippen molar-refractivity contribution in [2.45, 2.75) is 76.7 Å². The highest BCUT2D eigenvalue weighted by Gasteiger charge is 2.54. The third-order valence-corrected chi connectivity index (χ3v) is 7.64. The summed E-state index contributed by atoms with van der Waals surface area (Å²) in [6, 6.07) is 17.7. The molecule has 1 aliphatic heterocycles. The maximum absolute atomic E-state index is 12.3. The minimum Gasteiger partial charge on any atom is -0.489 e. The van der Waals surface area contributed by atoms with Gasteiger partial charge in [-0.05, 0) is 75.1 Å². The molecule has 0 unspecified atom stereocenters. The van der Waals surface area contributed by atoms with Crippen LogP contribution in [-0.4, -0.2) is 47.9 Å². The maximum atomic E-state index is 12.3. The van der Waals surface area contributed by atoms with E-state index in [0.717, 1.165) is 36.8 Å². The van der Waals surface area contributed by atoms with Gasteiger partial charge in [0.05, 0.1) is 11.7 Å². The van der Waals surface area contributed by atoms with E-state index in [4.69, 9.17) is 14.2 Å². The van der Waals surface area contributed by atoms with Crippen molar-refractivity contribution < 1.29 is 23.8 Å². The molecule has 2 aromatic carbocycles. The predicted octanol–water partition coefficient (Wildman–Crippen LogP) is 5.51. The lowest BCUT2D eigenvalue weighted by Crippen LogP contribution is -2.58. The van der Waals surface area contributed by atoms with Gasteiger partial charge in [-0.3, -0.25) is 0 Å². The summed E-state index contributed by atoms with van der Waals surface area (Å²) in [4.78, 5) is 26.1. The maximum Gasteiger partial charge on any atom is 0.410 e. The van der Waals surface area contributed by atoms with Crippen LogP contribution in [0.3, 0.4) is 0 Å².